The van der Waals surface area contributed by atoms with E-state index in [1.807, 2.05) is 51.1 Å². The van der Waals surface area contributed by atoms with Crippen molar-refractivity contribution in [2.75, 3.05) is 16.0 Å². The molecule has 40 heavy (non-hydrogen) atoms. The molecule has 10 heteroatoms. The Morgan fingerprint density at radius 3 is 2.33 bits per heavy atom. The summed E-state index contributed by atoms with van der Waals surface area (Å²) < 4.78 is 1.45. The first-order chi connectivity index (χ1) is 19.1. The molecule has 0 fully saturated rings. The van der Waals surface area contributed by atoms with Crippen LogP contribution in [0, 0.1) is 30.9 Å². The van der Waals surface area contributed by atoms with Crippen molar-refractivity contribution in [3.8, 4) is 0 Å². The lowest BCUT2D eigenvalue weighted by atomic mass is 9.93. The van der Waals surface area contributed by atoms with E-state index in [1.165, 1.54) is 16.9 Å². The molecule has 0 saturated carbocycles. The number of aryl methyl sites for hydroxylation is 3. The molecule has 0 aliphatic carbocycles. The maximum Gasteiger partial charge on any atom is 0.275 e. The van der Waals surface area contributed by atoms with Gasteiger partial charge in [0.15, 0.2) is 0 Å². The number of hydrogen-bond donors (Lipinski definition) is 3. The van der Waals surface area contributed by atoms with Crippen molar-refractivity contribution in [3.05, 3.63) is 122 Å². The van der Waals surface area contributed by atoms with E-state index in [2.05, 4.69) is 21.0 Å². The lowest BCUT2D eigenvalue weighted by molar-refractivity contribution is -0.385. The zero-order chi connectivity index (χ0) is 28.6. The van der Waals surface area contributed by atoms with Gasteiger partial charge in [-0.25, -0.2) is 4.68 Å². The van der Waals surface area contributed by atoms with Gasteiger partial charge in [-0.2, -0.15) is 5.10 Å². The summed E-state index contributed by atoms with van der Waals surface area (Å²) in [7, 11) is 0. The summed E-state index contributed by atoms with van der Waals surface area (Å²) >= 11 is 0. The highest BCUT2D eigenvalue weighted by Crippen LogP contribution is 2.41. The second kappa shape index (κ2) is 10.5. The molecule has 1 aromatic heterocycles. The third-order valence-electron chi connectivity index (χ3n) is 6.88. The molecular weight excluding hydrogens is 508 g/mol. The van der Waals surface area contributed by atoms with Gasteiger partial charge in [-0.1, -0.05) is 47.5 Å². The smallest absolute Gasteiger partial charge is 0.275 e. The summed E-state index contributed by atoms with van der Waals surface area (Å²) in [5.74, 6) is -0.518. The molecule has 1 unspecified atom stereocenters. The van der Waals surface area contributed by atoms with E-state index in [0.29, 0.717) is 22.9 Å². The van der Waals surface area contributed by atoms with Crippen LogP contribution in [0.3, 0.4) is 0 Å². The molecule has 1 atom stereocenters. The molecule has 1 aliphatic heterocycles. The Balaban J connectivity index is 1.59. The SMILES string of the molecule is CC1=C(C(=O)Nc2ccc(C)cc2C)C(c2ccccc2[N+](=O)[O-])n2ncc(C(=O)Nc3ccc(C)cc3)c2N1. The number of carbonyl (C=O) groups is 2. The van der Waals surface area contributed by atoms with Gasteiger partial charge in [0, 0.05) is 23.1 Å². The number of rotatable bonds is 6. The fourth-order valence-electron chi connectivity index (χ4n) is 4.87. The lowest BCUT2D eigenvalue weighted by Gasteiger charge is -2.30. The molecule has 0 radical (unpaired) electrons. The molecule has 3 N–H and O–H groups in total. The number of carbonyl (C=O) groups excluding carboxylic acids is 2. The Labute approximate surface area is 230 Å². The van der Waals surface area contributed by atoms with Crippen molar-refractivity contribution in [2.24, 2.45) is 0 Å². The van der Waals surface area contributed by atoms with Crippen LogP contribution in [0.5, 0.6) is 0 Å². The number of nitrogens with zero attached hydrogens (tertiary/aromatic N) is 3. The van der Waals surface area contributed by atoms with E-state index in [1.54, 1.807) is 37.3 Å². The van der Waals surface area contributed by atoms with Crippen LogP contribution in [0.2, 0.25) is 0 Å². The Morgan fingerprint density at radius 2 is 1.62 bits per heavy atom. The first-order valence-electron chi connectivity index (χ1n) is 12.7. The molecule has 0 bridgehead atoms. The molecule has 4 aromatic rings. The van der Waals surface area contributed by atoms with Crippen LogP contribution in [0.25, 0.3) is 0 Å². The number of nitrogens with one attached hydrogen (secondary N) is 3. The average Bonchev–Trinajstić information content (AvgIpc) is 3.34. The number of allylic oxidation sites excluding steroid dienone is 1. The number of benzene rings is 3. The fourth-order valence-corrected chi connectivity index (χ4v) is 4.87. The van der Waals surface area contributed by atoms with Crippen LogP contribution in [-0.2, 0) is 4.79 Å². The molecule has 2 amide bonds. The van der Waals surface area contributed by atoms with Crippen molar-refractivity contribution in [3.63, 3.8) is 0 Å². The maximum absolute atomic E-state index is 13.8. The minimum atomic E-state index is -0.968. The quantitative estimate of drug-likeness (QED) is 0.208. The molecule has 3 aromatic carbocycles. The Hall–Kier alpha value is -5.25. The van der Waals surface area contributed by atoms with Gasteiger partial charge in [0.05, 0.1) is 22.3 Å². The molecule has 0 spiro atoms. The zero-order valence-electron chi connectivity index (χ0n) is 22.5. The first-order valence-corrected chi connectivity index (χ1v) is 12.7. The van der Waals surface area contributed by atoms with Crippen LogP contribution >= 0.6 is 0 Å². The van der Waals surface area contributed by atoms with Gasteiger partial charge in [-0.3, -0.25) is 19.7 Å². The van der Waals surface area contributed by atoms with Gasteiger partial charge in [0.1, 0.15) is 17.4 Å². The Bertz CT molecular complexity index is 1690. The molecule has 0 saturated heterocycles. The number of amides is 2. The fraction of sp³-hybridized carbons (Fsp3) is 0.167. The summed E-state index contributed by atoms with van der Waals surface area (Å²) in [5.41, 5.74) is 5.27. The van der Waals surface area contributed by atoms with Crippen LogP contribution in [0.4, 0.5) is 22.9 Å². The van der Waals surface area contributed by atoms with Crippen molar-refractivity contribution >= 4 is 34.7 Å². The third kappa shape index (κ3) is 4.94. The van der Waals surface area contributed by atoms with E-state index in [9.17, 15) is 19.7 Å². The molecular formula is C30H28N6O4. The monoisotopic (exact) mass is 536 g/mol. The largest absolute Gasteiger partial charge is 0.343 e. The van der Waals surface area contributed by atoms with Crippen LogP contribution in [0.1, 0.15) is 45.6 Å². The van der Waals surface area contributed by atoms with E-state index in [0.717, 1.165) is 16.7 Å². The van der Waals surface area contributed by atoms with Crippen molar-refractivity contribution < 1.29 is 14.5 Å². The van der Waals surface area contributed by atoms with Gasteiger partial charge in [0.2, 0.25) is 0 Å². The van der Waals surface area contributed by atoms with Gasteiger partial charge < -0.3 is 16.0 Å². The number of nitro benzene ring substituents is 1. The van der Waals surface area contributed by atoms with Gasteiger partial charge >= 0.3 is 0 Å². The predicted octanol–water partition coefficient (Wildman–Crippen LogP) is 5.90. The molecule has 2 heterocycles. The number of aromatic nitrogens is 2. The second-order valence-corrected chi connectivity index (χ2v) is 9.83. The van der Waals surface area contributed by atoms with Crippen molar-refractivity contribution in [2.45, 2.75) is 33.7 Å². The minimum absolute atomic E-state index is 0.161. The highest BCUT2D eigenvalue weighted by Gasteiger charge is 2.38. The predicted molar refractivity (Wildman–Crippen MR) is 153 cm³/mol. The summed E-state index contributed by atoms with van der Waals surface area (Å²) in [6.45, 7) is 7.52. The van der Waals surface area contributed by atoms with Crippen molar-refractivity contribution in [1.29, 1.82) is 0 Å². The first kappa shape index (κ1) is 26.4. The number of hydrogen-bond acceptors (Lipinski definition) is 6. The summed E-state index contributed by atoms with van der Waals surface area (Å²) in [5, 5.41) is 25.5. The van der Waals surface area contributed by atoms with E-state index in [4.69, 9.17) is 0 Å². The van der Waals surface area contributed by atoms with Gasteiger partial charge in [-0.05, 0) is 57.5 Å². The normalized spacial score (nSPS) is 14.2. The van der Waals surface area contributed by atoms with Gasteiger partial charge in [-0.15, -0.1) is 0 Å². The van der Waals surface area contributed by atoms with E-state index < -0.39 is 22.8 Å². The van der Waals surface area contributed by atoms with Gasteiger partial charge in [0.25, 0.3) is 17.5 Å². The molecule has 1 aliphatic rings. The highest BCUT2D eigenvalue weighted by molar-refractivity contribution is 6.09. The zero-order valence-corrected chi connectivity index (χ0v) is 22.5. The van der Waals surface area contributed by atoms with Crippen LogP contribution < -0.4 is 16.0 Å². The molecule has 5 rings (SSSR count). The van der Waals surface area contributed by atoms with Crippen LogP contribution in [-0.4, -0.2) is 26.5 Å². The number of fused-ring (bicyclic) bond motifs is 1. The Morgan fingerprint density at radius 1 is 0.925 bits per heavy atom. The Kier molecular flexibility index (Phi) is 6.91. The standard InChI is InChI=1S/C30H28N6O4/c1-17-9-12-21(13-10-17)33-29(37)23-16-31-35-27(22-7-5-6-8-25(22)36(39)40)26(20(4)32-28(23)35)30(38)34-24-14-11-18(2)15-19(24)3/h5-16,27,32H,1-4H3,(H,33,37)(H,34,38). The molecule has 202 valence electrons. The third-order valence-corrected chi connectivity index (χ3v) is 6.88. The van der Waals surface area contributed by atoms with Crippen LogP contribution in [0.15, 0.2) is 84.2 Å². The average molecular weight is 537 g/mol. The minimum Gasteiger partial charge on any atom is -0.343 e. The topological polar surface area (TPSA) is 131 Å². The van der Waals surface area contributed by atoms with Crippen molar-refractivity contribution in [1.82, 2.24) is 9.78 Å². The van der Waals surface area contributed by atoms with E-state index in [-0.39, 0.29) is 22.4 Å². The second-order valence-electron chi connectivity index (χ2n) is 9.83. The highest BCUT2D eigenvalue weighted by atomic mass is 16.6. The molecule has 10 nitrogen and oxygen atoms in total. The van der Waals surface area contributed by atoms with E-state index >= 15 is 0 Å². The number of para-hydroxylation sites is 1. The number of nitro groups is 1. The number of anilines is 3. The summed E-state index contributed by atoms with van der Waals surface area (Å²) in [6.07, 6.45) is 1.39. The summed E-state index contributed by atoms with van der Waals surface area (Å²) in [4.78, 5) is 38.6. The maximum atomic E-state index is 13.8. The summed E-state index contributed by atoms with van der Waals surface area (Å²) in [6, 6.07) is 18.3. The lowest BCUT2D eigenvalue weighted by Crippen LogP contribution is -2.32.